The van der Waals surface area contributed by atoms with Gasteiger partial charge in [-0.3, -0.25) is 9.59 Å². The molecule has 0 bridgehead atoms. The first-order valence-electron chi connectivity index (χ1n) is 7.87. The predicted octanol–water partition coefficient (Wildman–Crippen LogP) is 3.02. The van der Waals surface area contributed by atoms with Crippen molar-refractivity contribution < 1.29 is 14.0 Å². The predicted molar refractivity (Wildman–Crippen MR) is 91.1 cm³/mol. The molecule has 0 aliphatic heterocycles. The van der Waals surface area contributed by atoms with Gasteiger partial charge in [-0.2, -0.15) is 0 Å². The summed E-state index contributed by atoms with van der Waals surface area (Å²) in [6, 6.07) is 5.24. The fourth-order valence-corrected chi connectivity index (χ4v) is 3.52. The summed E-state index contributed by atoms with van der Waals surface area (Å²) in [4.78, 5) is 25.9. The lowest BCUT2D eigenvalue weighted by molar-refractivity contribution is 0.0911. The smallest absolute Gasteiger partial charge is 0.287 e. The third-order valence-corrected chi connectivity index (χ3v) is 4.66. The topological polar surface area (TPSA) is 71.3 Å². The summed E-state index contributed by atoms with van der Waals surface area (Å²) < 4.78 is 5.00. The van der Waals surface area contributed by atoms with Gasteiger partial charge in [0.15, 0.2) is 5.76 Å². The molecule has 0 saturated carbocycles. The fraction of sp³-hybridized carbons (Fsp3) is 0.412. The lowest BCUT2D eigenvalue weighted by Crippen LogP contribution is -2.34. The molecule has 0 fully saturated rings. The maximum absolute atomic E-state index is 12.2. The number of aryl methyl sites for hydroxylation is 2. The maximum Gasteiger partial charge on any atom is 0.287 e. The molecule has 2 heterocycles. The van der Waals surface area contributed by atoms with Gasteiger partial charge in [-0.1, -0.05) is 20.3 Å². The fourth-order valence-electron chi connectivity index (χ4n) is 2.25. The van der Waals surface area contributed by atoms with E-state index in [4.69, 9.17) is 4.42 Å². The zero-order chi connectivity index (χ0) is 16.7. The summed E-state index contributed by atoms with van der Waals surface area (Å²) in [5, 5.41) is 5.53. The average Bonchev–Trinajstić information content (AvgIpc) is 3.21. The minimum atomic E-state index is -0.279. The van der Waals surface area contributed by atoms with Crippen molar-refractivity contribution in [1.82, 2.24) is 10.6 Å². The molecular weight excluding hydrogens is 312 g/mol. The van der Waals surface area contributed by atoms with E-state index in [2.05, 4.69) is 24.5 Å². The minimum Gasteiger partial charge on any atom is -0.459 e. The Hall–Kier alpha value is -2.08. The molecule has 124 valence electrons. The first-order chi connectivity index (χ1) is 11.2. The number of carbonyl (C=O) groups excluding carboxylic acids is 2. The summed E-state index contributed by atoms with van der Waals surface area (Å²) in [6.07, 6.45) is 4.48. The number of carbonyl (C=O) groups is 2. The zero-order valence-electron chi connectivity index (χ0n) is 13.5. The van der Waals surface area contributed by atoms with Crippen LogP contribution in [0.5, 0.6) is 0 Å². The largest absolute Gasteiger partial charge is 0.459 e. The average molecular weight is 334 g/mol. The van der Waals surface area contributed by atoms with Gasteiger partial charge < -0.3 is 15.1 Å². The second-order valence-corrected chi connectivity index (χ2v) is 6.29. The van der Waals surface area contributed by atoms with E-state index in [-0.39, 0.29) is 17.6 Å². The number of furan rings is 1. The molecule has 0 spiro atoms. The van der Waals surface area contributed by atoms with Gasteiger partial charge in [-0.25, -0.2) is 0 Å². The van der Waals surface area contributed by atoms with Crippen molar-refractivity contribution in [3.63, 3.8) is 0 Å². The summed E-state index contributed by atoms with van der Waals surface area (Å²) in [5.41, 5.74) is 1.26. The van der Waals surface area contributed by atoms with Gasteiger partial charge in [0.2, 0.25) is 0 Å². The van der Waals surface area contributed by atoms with E-state index >= 15 is 0 Å². The van der Waals surface area contributed by atoms with E-state index in [0.717, 1.165) is 24.1 Å². The lowest BCUT2D eigenvalue weighted by Gasteiger charge is -2.04. The van der Waals surface area contributed by atoms with Crippen LogP contribution in [0, 0.1) is 0 Å². The Kier molecular flexibility index (Phi) is 6.40. The molecule has 2 rings (SSSR count). The van der Waals surface area contributed by atoms with Crippen molar-refractivity contribution in [2.24, 2.45) is 0 Å². The van der Waals surface area contributed by atoms with Crippen LogP contribution in [0.3, 0.4) is 0 Å². The Morgan fingerprint density at radius 3 is 2.52 bits per heavy atom. The molecular formula is C17H22N2O3S. The van der Waals surface area contributed by atoms with Gasteiger partial charge in [0.25, 0.3) is 11.8 Å². The molecule has 23 heavy (non-hydrogen) atoms. The van der Waals surface area contributed by atoms with E-state index in [9.17, 15) is 9.59 Å². The molecule has 0 aliphatic rings. The third kappa shape index (κ3) is 4.69. The number of rotatable bonds is 8. The number of amides is 2. The van der Waals surface area contributed by atoms with E-state index < -0.39 is 0 Å². The first kappa shape index (κ1) is 17.3. The van der Waals surface area contributed by atoms with Gasteiger partial charge in [0.05, 0.1) is 11.1 Å². The van der Waals surface area contributed by atoms with Crippen molar-refractivity contribution in [3.8, 4) is 0 Å². The van der Waals surface area contributed by atoms with Crippen LogP contribution >= 0.6 is 11.3 Å². The highest BCUT2D eigenvalue weighted by Gasteiger charge is 2.13. The van der Waals surface area contributed by atoms with Crippen LogP contribution in [0.1, 0.15) is 50.9 Å². The summed E-state index contributed by atoms with van der Waals surface area (Å²) in [6.45, 7) is 4.99. The van der Waals surface area contributed by atoms with Crippen LogP contribution in [0.15, 0.2) is 28.9 Å². The molecule has 2 aromatic rings. The van der Waals surface area contributed by atoms with Crippen LogP contribution in [0.25, 0.3) is 0 Å². The quantitative estimate of drug-likeness (QED) is 0.729. The monoisotopic (exact) mass is 334 g/mol. The maximum atomic E-state index is 12.2. The van der Waals surface area contributed by atoms with Crippen molar-refractivity contribution in [2.75, 3.05) is 13.1 Å². The van der Waals surface area contributed by atoms with Crippen LogP contribution in [-0.2, 0) is 12.8 Å². The number of hydrogen-bond donors (Lipinski definition) is 2. The van der Waals surface area contributed by atoms with E-state index in [0.29, 0.717) is 13.1 Å². The Morgan fingerprint density at radius 2 is 1.91 bits per heavy atom. The second-order valence-electron chi connectivity index (χ2n) is 5.15. The minimum absolute atomic E-state index is 0.0840. The zero-order valence-corrected chi connectivity index (χ0v) is 14.3. The van der Waals surface area contributed by atoms with Crippen LogP contribution in [0.4, 0.5) is 0 Å². The highest BCUT2D eigenvalue weighted by atomic mass is 32.1. The third-order valence-electron chi connectivity index (χ3n) is 3.42. The molecule has 0 radical (unpaired) electrons. The number of nitrogens with one attached hydrogen (secondary N) is 2. The standard InChI is InChI=1S/C17H22N2O3S/c1-3-6-14-12(4-2)11-15(23-14)17(21)19-9-8-18-16(20)13-7-5-10-22-13/h5,7,10-11H,3-4,6,8-9H2,1-2H3,(H,18,20)(H,19,21). The molecule has 2 aromatic heterocycles. The van der Waals surface area contributed by atoms with E-state index in [1.165, 1.54) is 16.7 Å². The van der Waals surface area contributed by atoms with Crippen molar-refractivity contribution in [3.05, 3.63) is 45.5 Å². The van der Waals surface area contributed by atoms with Gasteiger partial charge in [-0.05, 0) is 36.6 Å². The number of thiophene rings is 1. The van der Waals surface area contributed by atoms with Gasteiger partial charge in [0.1, 0.15) is 0 Å². The molecule has 0 unspecified atom stereocenters. The van der Waals surface area contributed by atoms with Crippen LogP contribution < -0.4 is 10.6 Å². The van der Waals surface area contributed by atoms with Crippen LogP contribution in [0.2, 0.25) is 0 Å². The Morgan fingerprint density at radius 1 is 1.17 bits per heavy atom. The van der Waals surface area contributed by atoms with Gasteiger partial charge in [0, 0.05) is 18.0 Å². The highest BCUT2D eigenvalue weighted by Crippen LogP contribution is 2.24. The normalized spacial score (nSPS) is 10.5. The molecule has 5 nitrogen and oxygen atoms in total. The highest BCUT2D eigenvalue weighted by molar-refractivity contribution is 7.14. The molecule has 6 heteroatoms. The van der Waals surface area contributed by atoms with Crippen molar-refractivity contribution in [1.29, 1.82) is 0 Å². The molecule has 2 N–H and O–H groups in total. The van der Waals surface area contributed by atoms with Gasteiger partial charge in [-0.15, -0.1) is 11.3 Å². The Bertz CT molecular complexity index is 647. The van der Waals surface area contributed by atoms with Crippen LogP contribution in [-0.4, -0.2) is 24.9 Å². The Labute approximate surface area is 140 Å². The lowest BCUT2D eigenvalue weighted by atomic mass is 10.1. The van der Waals surface area contributed by atoms with Crippen molar-refractivity contribution in [2.45, 2.75) is 33.1 Å². The van der Waals surface area contributed by atoms with E-state index in [1.807, 2.05) is 6.07 Å². The SMILES string of the molecule is CCCc1sc(C(=O)NCCNC(=O)c2ccco2)cc1CC. The Balaban J connectivity index is 1.79. The summed E-state index contributed by atoms with van der Waals surface area (Å²) >= 11 is 1.56. The summed E-state index contributed by atoms with van der Waals surface area (Å²) in [5.74, 6) is -0.0930. The van der Waals surface area contributed by atoms with Crippen molar-refractivity contribution >= 4 is 23.2 Å². The summed E-state index contributed by atoms with van der Waals surface area (Å²) in [7, 11) is 0. The second kappa shape index (κ2) is 8.53. The number of hydrogen-bond acceptors (Lipinski definition) is 4. The molecule has 0 aromatic carbocycles. The molecule has 0 atom stereocenters. The first-order valence-corrected chi connectivity index (χ1v) is 8.68. The van der Waals surface area contributed by atoms with E-state index in [1.54, 1.807) is 23.5 Å². The molecule has 2 amide bonds. The van der Waals surface area contributed by atoms with Gasteiger partial charge >= 0.3 is 0 Å². The molecule has 0 saturated heterocycles. The molecule has 0 aliphatic carbocycles.